The van der Waals surface area contributed by atoms with Crippen molar-refractivity contribution in [3.63, 3.8) is 0 Å². The first-order chi connectivity index (χ1) is 7.42. The number of unbranched alkanes of at least 4 members (excludes halogenated alkanes) is 1. The zero-order chi connectivity index (χ0) is 10.5. The third-order valence-electron chi connectivity index (χ3n) is 2.55. The fourth-order valence-corrected chi connectivity index (χ4v) is 1.73. The summed E-state index contributed by atoms with van der Waals surface area (Å²) in [5.41, 5.74) is 0. The van der Waals surface area contributed by atoms with Gasteiger partial charge in [0.2, 0.25) is 0 Å². The Bertz CT molecular complexity index is 329. The molecular formula is C11H16N4. The van der Waals surface area contributed by atoms with Gasteiger partial charge in [-0.15, -0.1) is 0 Å². The van der Waals surface area contributed by atoms with E-state index in [1.165, 1.54) is 12.8 Å². The summed E-state index contributed by atoms with van der Waals surface area (Å²) in [6, 6.07) is 0. The second kappa shape index (κ2) is 4.77. The van der Waals surface area contributed by atoms with Crippen LogP contribution in [0.4, 0.5) is 0 Å². The Kier molecular flexibility index (Phi) is 3.17. The monoisotopic (exact) mass is 204 g/mol. The van der Waals surface area contributed by atoms with E-state index in [0.29, 0.717) is 6.17 Å². The van der Waals surface area contributed by atoms with Crippen LogP contribution in [0.5, 0.6) is 0 Å². The Morgan fingerprint density at radius 3 is 2.07 bits per heavy atom. The Labute approximate surface area is 89.6 Å². The quantitative estimate of drug-likeness (QED) is 0.749. The van der Waals surface area contributed by atoms with E-state index in [1.807, 2.05) is 37.4 Å². The van der Waals surface area contributed by atoms with Gasteiger partial charge in [-0.25, -0.2) is 9.97 Å². The zero-order valence-corrected chi connectivity index (χ0v) is 8.95. The van der Waals surface area contributed by atoms with Gasteiger partial charge in [0.05, 0.1) is 12.7 Å². The zero-order valence-electron chi connectivity index (χ0n) is 8.95. The SMILES string of the molecule is CCCCC(n1ccnc1)n1ccnc1. The normalized spacial score (nSPS) is 11.1. The number of imidazole rings is 2. The molecule has 4 heteroatoms. The molecule has 0 fully saturated rings. The van der Waals surface area contributed by atoms with Crippen LogP contribution >= 0.6 is 0 Å². The Morgan fingerprint density at radius 1 is 1.07 bits per heavy atom. The standard InChI is InChI=1S/C11H16N4/c1-2-3-4-11(14-7-5-12-9-14)15-8-6-13-10-15/h5-11H,2-4H2,1H3. The van der Waals surface area contributed by atoms with Gasteiger partial charge in [0, 0.05) is 24.8 Å². The molecule has 0 saturated heterocycles. The lowest BCUT2D eigenvalue weighted by Crippen LogP contribution is -2.15. The summed E-state index contributed by atoms with van der Waals surface area (Å²) in [6.07, 6.45) is 15.2. The molecule has 0 unspecified atom stereocenters. The Hall–Kier alpha value is -1.58. The van der Waals surface area contributed by atoms with Crippen molar-refractivity contribution in [2.75, 3.05) is 0 Å². The van der Waals surface area contributed by atoms with E-state index in [9.17, 15) is 0 Å². The lowest BCUT2D eigenvalue weighted by molar-refractivity contribution is 0.388. The Morgan fingerprint density at radius 2 is 1.67 bits per heavy atom. The number of nitrogens with zero attached hydrogens (tertiary/aromatic N) is 4. The highest BCUT2D eigenvalue weighted by Crippen LogP contribution is 2.16. The molecular weight excluding hydrogens is 188 g/mol. The summed E-state index contributed by atoms with van der Waals surface area (Å²) in [5.74, 6) is 0. The average Bonchev–Trinajstić information content (AvgIpc) is 2.90. The van der Waals surface area contributed by atoms with E-state index >= 15 is 0 Å². The summed E-state index contributed by atoms with van der Waals surface area (Å²) >= 11 is 0. The smallest absolute Gasteiger partial charge is 0.112 e. The first kappa shape index (κ1) is 9.96. The summed E-state index contributed by atoms with van der Waals surface area (Å²) in [5, 5.41) is 0. The molecule has 0 saturated carbocycles. The van der Waals surface area contributed by atoms with Crippen LogP contribution < -0.4 is 0 Å². The van der Waals surface area contributed by atoms with Crippen LogP contribution in [0.1, 0.15) is 32.4 Å². The van der Waals surface area contributed by atoms with E-state index in [4.69, 9.17) is 0 Å². The summed E-state index contributed by atoms with van der Waals surface area (Å²) in [6.45, 7) is 2.21. The molecule has 2 aromatic heterocycles. The van der Waals surface area contributed by atoms with Crippen molar-refractivity contribution in [1.29, 1.82) is 0 Å². The minimum Gasteiger partial charge on any atom is -0.316 e. The van der Waals surface area contributed by atoms with Gasteiger partial charge in [0.1, 0.15) is 6.17 Å². The van der Waals surface area contributed by atoms with Gasteiger partial charge in [-0.3, -0.25) is 0 Å². The van der Waals surface area contributed by atoms with Gasteiger partial charge in [0.15, 0.2) is 0 Å². The number of aromatic nitrogens is 4. The van der Waals surface area contributed by atoms with Gasteiger partial charge < -0.3 is 9.13 Å². The maximum Gasteiger partial charge on any atom is 0.112 e. The molecule has 0 N–H and O–H groups in total. The summed E-state index contributed by atoms with van der Waals surface area (Å²) in [7, 11) is 0. The van der Waals surface area contributed by atoms with Crippen LogP contribution in [0, 0.1) is 0 Å². The molecule has 2 rings (SSSR count). The molecule has 0 amide bonds. The highest BCUT2D eigenvalue weighted by molar-refractivity contribution is 4.86. The molecule has 4 nitrogen and oxygen atoms in total. The van der Waals surface area contributed by atoms with Crippen LogP contribution in [0.2, 0.25) is 0 Å². The molecule has 2 heterocycles. The van der Waals surface area contributed by atoms with Crippen molar-refractivity contribution >= 4 is 0 Å². The predicted octanol–water partition coefficient (Wildman–Crippen LogP) is 2.32. The molecule has 15 heavy (non-hydrogen) atoms. The predicted molar refractivity (Wildman–Crippen MR) is 58.4 cm³/mol. The van der Waals surface area contributed by atoms with Crippen molar-refractivity contribution in [1.82, 2.24) is 19.1 Å². The van der Waals surface area contributed by atoms with Crippen molar-refractivity contribution < 1.29 is 0 Å². The molecule has 2 aromatic rings. The van der Waals surface area contributed by atoms with Crippen LogP contribution in [0.15, 0.2) is 37.4 Å². The van der Waals surface area contributed by atoms with E-state index in [-0.39, 0.29) is 0 Å². The number of hydrogen-bond donors (Lipinski definition) is 0. The Balaban J connectivity index is 2.17. The summed E-state index contributed by atoms with van der Waals surface area (Å²) in [4.78, 5) is 8.18. The highest BCUT2D eigenvalue weighted by atomic mass is 15.2. The van der Waals surface area contributed by atoms with E-state index < -0.39 is 0 Å². The first-order valence-corrected chi connectivity index (χ1v) is 5.36. The molecule has 0 radical (unpaired) electrons. The number of rotatable bonds is 5. The molecule has 0 aliphatic heterocycles. The third-order valence-corrected chi connectivity index (χ3v) is 2.55. The van der Waals surface area contributed by atoms with Crippen molar-refractivity contribution in [3.05, 3.63) is 37.4 Å². The molecule has 80 valence electrons. The molecule has 0 aliphatic rings. The summed E-state index contributed by atoms with van der Waals surface area (Å²) < 4.78 is 4.24. The molecule has 0 spiro atoms. The largest absolute Gasteiger partial charge is 0.316 e. The highest BCUT2D eigenvalue weighted by Gasteiger charge is 2.10. The third kappa shape index (κ3) is 2.26. The van der Waals surface area contributed by atoms with Crippen LogP contribution in [0.3, 0.4) is 0 Å². The van der Waals surface area contributed by atoms with Gasteiger partial charge in [0.25, 0.3) is 0 Å². The molecule has 0 bridgehead atoms. The van der Waals surface area contributed by atoms with Crippen LogP contribution in [-0.4, -0.2) is 19.1 Å². The maximum atomic E-state index is 4.09. The van der Waals surface area contributed by atoms with E-state index in [1.54, 1.807) is 0 Å². The maximum absolute atomic E-state index is 4.09. The van der Waals surface area contributed by atoms with Crippen molar-refractivity contribution in [2.24, 2.45) is 0 Å². The van der Waals surface area contributed by atoms with Crippen molar-refractivity contribution in [3.8, 4) is 0 Å². The van der Waals surface area contributed by atoms with Crippen molar-refractivity contribution in [2.45, 2.75) is 32.4 Å². The lowest BCUT2D eigenvalue weighted by Gasteiger charge is -2.19. The van der Waals surface area contributed by atoms with Crippen LogP contribution in [-0.2, 0) is 0 Å². The molecule has 0 aromatic carbocycles. The van der Waals surface area contributed by atoms with E-state index in [0.717, 1.165) is 6.42 Å². The first-order valence-electron chi connectivity index (χ1n) is 5.36. The minimum absolute atomic E-state index is 0.315. The fourth-order valence-electron chi connectivity index (χ4n) is 1.73. The second-order valence-corrected chi connectivity index (χ2v) is 3.64. The van der Waals surface area contributed by atoms with Gasteiger partial charge in [-0.2, -0.15) is 0 Å². The molecule has 0 atom stereocenters. The van der Waals surface area contributed by atoms with Crippen LogP contribution in [0.25, 0.3) is 0 Å². The fraction of sp³-hybridized carbons (Fsp3) is 0.455. The van der Waals surface area contributed by atoms with Gasteiger partial charge >= 0.3 is 0 Å². The van der Waals surface area contributed by atoms with E-state index in [2.05, 4.69) is 26.0 Å². The van der Waals surface area contributed by atoms with Gasteiger partial charge in [-0.1, -0.05) is 13.3 Å². The number of hydrogen-bond acceptors (Lipinski definition) is 2. The van der Waals surface area contributed by atoms with Gasteiger partial charge in [-0.05, 0) is 12.8 Å². The topological polar surface area (TPSA) is 35.6 Å². The molecule has 0 aliphatic carbocycles. The second-order valence-electron chi connectivity index (χ2n) is 3.64. The minimum atomic E-state index is 0.315. The average molecular weight is 204 g/mol. The lowest BCUT2D eigenvalue weighted by atomic mass is 10.2.